The van der Waals surface area contributed by atoms with Gasteiger partial charge >= 0.3 is 0 Å². The Hall–Kier alpha value is -1.33. The average Bonchev–Trinajstić information content (AvgIpc) is 2.96. The molecule has 0 aliphatic heterocycles. The minimum atomic E-state index is 0.0797. The fourth-order valence-electron chi connectivity index (χ4n) is 1.95. The molecule has 6 heteroatoms. The van der Waals surface area contributed by atoms with E-state index in [9.17, 15) is 0 Å². The Morgan fingerprint density at radius 2 is 2.39 bits per heavy atom. The van der Waals surface area contributed by atoms with Gasteiger partial charge in [-0.1, -0.05) is 6.92 Å². The summed E-state index contributed by atoms with van der Waals surface area (Å²) in [5, 5.41) is 7.87. The molecule has 0 saturated heterocycles. The number of rotatable bonds is 6. The van der Waals surface area contributed by atoms with E-state index in [2.05, 4.69) is 22.3 Å². The van der Waals surface area contributed by atoms with E-state index in [-0.39, 0.29) is 6.04 Å². The molecule has 5 nitrogen and oxygen atoms in total. The summed E-state index contributed by atoms with van der Waals surface area (Å²) in [6, 6.07) is 1.96. The van der Waals surface area contributed by atoms with Crippen LogP contribution in [0, 0.1) is 0 Å². The van der Waals surface area contributed by atoms with Crippen molar-refractivity contribution in [3.05, 3.63) is 35.3 Å². The van der Waals surface area contributed by atoms with Crippen LogP contribution in [0.2, 0.25) is 5.22 Å². The number of hydrogen-bond acceptors (Lipinski definition) is 4. The number of aromatic nitrogens is 3. The maximum atomic E-state index is 6.00. The number of nitrogens with one attached hydrogen (secondary N) is 1. The van der Waals surface area contributed by atoms with Crippen molar-refractivity contribution < 1.29 is 4.42 Å². The van der Waals surface area contributed by atoms with E-state index in [1.54, 1.807) is 12.6 Å². The summed E-state index contributed by atoms with van der Waals surface area (Å²) in [5.74, 6) is 0.952. The first-order valence-corrected chi connectivity index (χ1v) is 6.40. The van der Waals surface area contributed by atoms with Crippen molar-refractivity contribution >= 4 is 11.6 Å². The third kappa shape index (κ3) is 2.73. The predicted octanol–water partition coefficient (Wildman–Crippen LogP) is 2.44. The van der Waals surface area contributed by atoms with Gasteiger partial charge < -0.3 is 9.73 Å². The Bertz CT molecular complexity index is 494. The molecule has 0 radical (unpaired) electrons. The van der Waals surface area contributed by atoms with Crippen LogP contribution < -0.4 is 5.32 Å². The highest BCUT2D eigenvalue weighted by atomic mass is 35.5. The van der Waals surface area contributed by atoms with Crippen molar-refractivity contribution in [1.29, 1.82) is 0 Å². The van der Waals surface area contributed by atoms with Crippen LogP contribution in [0.15, 0.2) is 23.1 Å². The highest BCUT2D eigenvalue weighted by Crippen LogP contribution is 2.26. The molecule has 0 aliphatic rings. The summed E-state index contributed by atoms with van der Waals surface area (Å²) in [6.07, 6.45) is 4.95. The van der Waals surface area contributed by atoms with Gasteiger partial charge in [-0.05, 0) is 31.1 Å². The number of likely N-dealkylation sites (N-methyl/N-ethyl adjacent to an activating group) is 1. The Morgan fingerprint density at radius 1 is 1.56 bits per heavy atom. The molecule has 2 aromatic rings. The first-order chi connectivity index (χ1) is 8.76. The Balaban J connectivity index is 2.15. The third-order valence-corrected chi connectivity index (χ3v) is 3.20. The van der Waals surface area contributed by atoms with Gasteiger partial charge in [0.1, 0.15) is 12.2 Å². The number of nitrogens with zero attached hydrogens (tertiary/aromatic N) is 3. The zero-order chi connectivity index (χ0) is 13.0. The first kappa shape index (κ1) is 13.1. The van der Waals surface area contributed by atoms with Crippen molar-refractivity contribution in [2.24, 2.45) is 0 Å². The fourth-order valence-corrected chi connectivity index (χ4v) is 2.19. The van der Waals surface area contributed by atoms with Gasteiger partial charge in [-0.25, -0.2) is 4.98 Å². The highest BCUT2D eigenvalue weighted by molar-refractivity contribution is 6.29. The second-order valence-corrected chi connectivity index (χ2v) is 4.44. The second-order valence-electron chi connectivity index (χ2n) is 4.09. The van der Waals surface area contributed by atoms with E-state index in [0.29, 0.717) is 5.22 Å². The van der Waals surface area contributed by atoms with Crippen molar-refractivity contribution in [3.8, 4) is 0 Å². The van der Waals surface area contributed by atoms with Gasteiger partial charge in [0.2, 0.25) is 0 Å². The van der Waals surface area contributed by atoms with Gasteiger partial charge in [0, 0.05) is 24.6 Å². The van der Waals surface area contributed by atoms with Crippen LogP contribution in [0.1, 0.15) is 30.8 Å². The Morgan fingerprint density at radius 3 is 3.00 bits per heavy atom. The summed E-state index contributed by atoms with van der Waals surface area (Å²) in [7, 11) is 1.90. The summed E-state index contributed by atoms with van der Waals surface area (Å²) in [4.78, 5) is 4.30. The van der Waals surface area contributed by atoms with E-state index in [1.165, 1.54) is 0 Å². The van der Waals surface area contributed by atoms with Crippen molar-refractivity contribution in [2.75, 3.05) is 7.05 Å². The molecule has 1 N–H and O–H groups in total. The molecule has 0 bridgehead atoms. The minimum Gasteiger partial charge on any atom is -0.453 e. The molecule has 18 heavy (non-hydrogen) atoms. The van der Waals surface area contributed by atoms with Crippen molar-refractivity contribution in [1.82, 2.24) is 20.1 Å². The molecule has 98 valence electrons. The fraction of sp³-hybridized carbons (Fsp3) is 0.500. The molecule has 2 aromatic heterocycles. The van der Waals surface area contributed by atoms with Crippen LogP contribution >= 0.6 is 11.6 Å². The van der Waals surface area contributed by atoms with Gasteiger partial charge in [0.05, 0.1) is 6.26 Å². The largest absolute Gasteiger partial charge is 0.453 e. The van der Waals surface area contributed by atoms with Gasteiger partial charge in [-0.3, -0.25) is 4.68 Å². The van der Waals surface area contributed by atoms with Gasteiger partial charge in [-0.15, -0.1) is 0 Å². The lowest BCUT2D eigenvalue weighted by Crippen LogP contribution is -2.21. The van der Waals surface area contributed by atoms with Crippen LogP contribution in [0.3, 0.4) is 0 Å². The Kier molecular flexibility index (Phi) is 4.38. The standard InChI is InChI=1S/C12H17ClN4O/c1-3-5-17-11(15-8-16-17)7-10(14-2)9-4-6-18-12(9)13/h4,6,8,10,14H,3,5,7H2,1-2H3. The van der Waals surface area contributed by atoms with Crippen LogP contribution in [-0.4, -0.2) is 21.8 Å². The molecule has 0 amide bonds. The molecule has 2 rings (SSSR count). The van der Waals surface area contributed by atoms with Crippen molar-refractivity contribution in [3.63, 3.8) is 0 Å². The number of furan rings is 1. The Labute approximate surface area is 111 Å². The summed E-state index contributed by atoms with van der Waals surface area (Å²) in [6.45, 7) is 3.00. The number of aryl methyl sites for hydroxylation is 1. The number of hydrogen-bond donors (Lipinski definition) is 1. The summed E-state index contributed by atoms with van der Waals surface area (Å²) >= 11 is 6.00. The third-order valence-electron chi connectivity index (χ3n) is 2.89. The lowest BCUT2D eigenvalue weighted by molar-refractivity contribution is 0.508. The van der Waals surface area contributed by atoms with E-state index in [4.69, 9.17) is 16.0 Å². The van der Waals surface area contributed by atoms with Crippen LogP contribution in [0.4, 0.5) is 0 Å². The topological polar surface area (TPSA) is 55.9 Å². The molecule has 0 fully saturated rings. The average molecular weight is 269 g/mol. The molecule has 2 heterocycles. The lowest BCUT2D eigenvalue weighted by atomic mass is 10.1. The van der Waals surface area contributed by atoms with E-state index in [1.807, 2.05) is 17.8 Å². The molecule has 1 atom stereocenters. The zero-order valence-corrected chi connectivity index (χ0v) is 11.3. The SMILES string of the molecule is CCCn1ncnc1CC(NC)c1ccoc1Cl. The second kappa shape index (κ2) is 6.02. The van der Waals surface area contributed by atoms with Crippen LogP contribution in [0.5, 0.6) is 0 Å². The van der Waals surface area contributed by atoms with Gasteiger partial charge in [0.25, 0.3) is 0 Å². The van der Waals surface area contributed by atoms with Gasteiger partial charge in [0.15, 0.2) is 5.22 Å². The van der Waals surface area contributed by atoms with E-state index >= 15 is 0 Å². The molecule has 1 unspecified atom stereocenters. The lowest BCUT2D eigenvalue weighted by Gasteiger charge is -2.15. The van der Waals surface area contributed by atoms with Crippen molar-refractivity contribution in [2.45, 2.75) is 32.4 Å². The number of halogens is 1. The smallest absolute Gasteiger partial charge is 0.197 e. The molecule has 0 aliphatic carbocycles. The molecular formula is C12H17ClN4O. The van der Waals surface area contributed by atoms with E-state index < -0.39 is 0 Å². The van der Waals surface area contributed by atoms with Gasteiger partial charge in [-0.2, -0.15) is 5.10 Å². The minimum absolute atomic E-state index is 0.0797. The first-order valence-electron chi connectivity index (χ1n) is 6.03. The highest BCUT2D eigenvalue weighted by Gasteiger charge is 2.18. The molecular weight excluding hydrogens is 252 g/mol. The normalized spacial score (nSPS) is 12.8. The maximum absolute atomic E-state index is 6.00. The molecule has 0 spiro atoms. The van der Waals surface area contributed by atoms with Crippen LogP contribution in [-0.2, 0) is 13.0 Å². The quantitative estimate of drug-likeness (QED) is 0.874. The zero-order valence-electron chi connectivity index (χ0n) is 10.6. The summed E-state index contributed by atoms with van der Waals surface area (Å²) < 4.78 is 7.06. The van der Waals surface area contributed by atoms with Crippen LogP contribution in [0.25, 0.3) is 0 Å². The monoisotopic (exact) mass is 268 g/mol. The molecule has 0 aromatic carbocycles. The summed E-state index contributed by atoms with van der Waals surface area (Å²) in [5.41, 5.74) is 0.949. The predicted molar refractivity (Wildman–Crippen MR) is 69.5 cm³/mol. The molecule has 0 saturated carbocycles. The van der Waals surface area contributed by atoms with E-state index in [0.717, 1.165) is 30.8 Å². The maximum Gasteiger partial charge on any atom is 0.197 e.